The van der Waals surface area contributed by atoms with Crippen molar-refractivity contribution in [2.75, 3.05) is 7.11 Å². The van der Waals surface area contributed by atoms with Crippen LogP contribution >= 0.6 is 11.3 Å². The number of rotatable bonds is 7. The standard InChI is InChI=1S/C20H16F2N4O4S/c1-11-3-7-16(31-11)13-5-8-18(27)26(24-13)10-17-23-19(25-30-17)12-4-6-14(29-20(21)22)15(9-12)28-2/h3-9,20H,10H2,1-2H3. The van der Waals surface area contributed by atoms with E-state index < -0.39 is 6.61 Å². The molecule has 0 aliphatic heterocycles. The number of methoxy groups -OCH3 is 1. The highest BCUT2D eigenvalue weighted by atomic mass is 32.1. The molecule has 31 heavy (non-hydrogen) atoms. The molecule has 1 aromatic carbocycles. The van der Waals surface area contributed by atoms with Crippen molar-refractivity contribution >= 4 is 11.3 Å². The van der Waals surface area contributed by atoms with Crippen molar-refractivity contribution in [3.63, 3.8) is 0 Å². The zero-order valence-corrected chi connectivity index (χ0v) is 17.2. The van der Waals surface area contributed by atoms with E-state index in [0.29, 0.717) is 11.3 Å². The Kier molecular flexibility index (Phi) is 5.76. The molecule has 0 aliphatic rings. The molecule has 8 nitrogen and oxygen atoms in total. The predicted molar refractivity (Wildman–Crippen MR) is 109 cm³/mol. The number of nitrogens with zero attached hydrogens (tertiary/aromatic N) is 4. The summed E-state index contributed by atoms with van der Waals surface area (Å²) in [5, 5.41) is 8.27. The van der Waals surface area contributed by atoms with Crippen LogP contribution in [0.15, 0.2) is 51.8 Å². The maximum absolute atomic E-state index is 12.5. The van der Waals surface area contributed by atoms with Crippen LogP contribution in [0.2, 0.25) is 0 Å². The first kappa shape index (κ1) is 20.7. The smallest absolute Gasteiger partial charge is 0.387 e. The van der Waals surface area contributed by atoms with Gasteiger partial charge in [0.25, 0.3) is 5.56 Å². The summed E-state index contributed by atoms with van der Waals surface area (Å²) in [5.74, 6) is 0.355. The largest absolute Gasteiger partial charge is 0.493 e. The molecule has 4 aromatic rings. The van der Waals surface area contributed by atoms with Gasteiger partial charge in [0.1, 0.15) is 12.2 Å². The normalized spacial score (nSPS) is 11.1. The second kappa shape index (κ2) is 8.64. The minimum Gasteiger partial charge on any atom is -0.493 e. The van der Waals surface area contributed by atoms with Crippen LogP contribution in [0.3, 0.4) is 0 Å². The highest BCUT2D eigenvalue weighted by Crippen LogP contribution is 2.32. The Morgan fingerprint density at radius 1 is 1.16 bits per heavy atom. The Bertz CT molecular complexity index is 1270. The van der Waals surface area contributed by atoms with Gasteiger partial charge in [0.2, 0.25) is 11.7 Å². The highest BCUT2D eigenvalue weighted by Gasteiger charge is 2.16. The van der Waals surface area contributed by atoms with Gasteiger partial charge in [0.15, 0.2) is 11.5 Å². The van der Waals surface area contributed by atoms with Crippen molar-refractivity contribution in [1.29, 1.82) is 0 Å². The van der Waals surface area contributed by atoms with Gasteiger partial charge in [-0.05, 0) is 43.3 Å². The molecule has 0 atom stereocenters. The maximum Gasteiger partial charge on any atom is 0.387 e. The Morgan fingerprint density at radius 2 is 2.00 bits per heavy atom. The summed E-state index contributed by atoms with van der Waals surface area (Å²) in [6, 6.07) is 11.3. The van der Waals surface area contributed by atoms with Crippen molar-refractivity contribution in [3.05, 3.63) is 63.6 Å². The van der Waals surface area contributed by atoms with Crippen LogP contribution < -0.4 is 15.0 Å². The predicted octanol–water partition coefficient (Wildman–Crippen LogP) is 3.99. The molecular formula is C20H16F2N4O4S. The molecule has 0 amide bonds. The summed E-state index contributed by atoms with van der Waals surface area (Å²) in [5.41, 5.74) is 0.820. The molecule has 0 bridgehead atoms. The Balaban J connectivity index is 1.58. The molecule has 0 fully saturated rings. The van der Waals surface area contributed by atoms with E-state index in [1.165, 1.54) is 36.1 Å². The number of alkyl halides is 2. The number of hydrogen-bond acceptors (Lipinski definition) is 8. The van der Waals surface area contributed by atoms with E-state index >= 15 is 0 Å². The quantitative estimate of drug-likeness (QED) is 0.424. The Morgan fingerprint density at radius 3 is 2.71 bits per heavy atom. The molecular weight excluding hydrogens is 430 g/mol. The lowest BCUT2D eigenvalue weighted by atomic mass is 10.2. The van der Waals surface area contributed by atoms with Crippen LogP contribution in [0.4, 0.5) is 8.78 Å². The van der Waals surface area contributed by atoms with Crippen molar-refractivity contribution in [2.45, 2.75) is 20.1 Å². The molecule has 0 aliphatic carbocycles. The molecule has 3 heterocycles. The Hall–Kier alpha value is -3.60. The van der Waals surface area contributed by atoms with Gasteiger partial charge in [0, 0.05) is 16.5 Å². The SMILES string of the molecule is COc1cc(-c2noc(Cn3nc(-c4ccc(C)s4)ccc3=O)n2)ccc1OC(F)F. The van der Waals surface area contributed by atoms with Crippen LogP contribution in [0.25, 0.3) is 22.0 Å². The van der Waals surface area contributed by atoms with Gasteiger partial charge in [-0.15, -0.1) is 11.3 Å². The van der Waals surface area contributed by atoms with Gasteiger partial charge in [-0.3, -0.25) is 4.79 Å². The van der Waals surface area contributed by atoms with Gasteiger partial charge in [-0.2, -0.15) is 18.9 Å². The van der Waals surface area contributed by atoms with Crippen LogP contribution in [0, 0.1) is 6.92 Å². The lowest BCUT2D eigenvalue weighted by Gasteiger charge is -2.10. The molecule has 0 unspecified atom stereocenters. The summed E-state index contributed by atoms with van der Waals surface area (Å²) >= 11 is 1.57. The average Bonchev–Trinajstić information content (AvgIpc) is 3.39. The molecule has 0 saturated carbocycles. The van der Waals surface area contributed by atoms with E-state index in [-0.39, 0.29) is 35.3 Å². The van der Waals surface area contributed by atoms with Gasteiger partial charge < -0.3 is 14.0 Å². The van der Waals surface area contributed by atoms with Crippen LogP contribution in [-0.2, 0) is 6.54 Å². The van der Waals surface area contributed by atoms with E-state index in [4.69, 9.17) is 9.26 Å². The third-order valence-electron chi connectivity index (χ3n) is 4.25. The van der Waals surface area contributed by atoms with E-state index in [1.54, 1.807) is 17.4 Å². The Labute approximate surface area is 178 Å². The van der Waals surface area contributed by atoms with E-state index in [2.05, 4.69) is 20.0 Å². The summed E-state index contributed by atoms with van der Waals surface area (Å²) in [7, 11) is 1.33. The molecule has 4 rings (SSSR count). The molecule has 11 heteroatoms. The monoisotopic (exact) mass is 446 g/mol. The van der Waals surface area contributed by atoms with Crippen LogP contribution in [0.1, 0.15) is 10.8 Å². The van der Waals surface area contributed by atoms with Gasteiger partial charge in [-0.1, -0.05) is 5.16 Å². The van der Waals surface area contributed by atoms with Crippen molar-refractivity contribution in [1.82, 2.24) is 19.9 Å². The fraction of sp³-hybridized carbons (Fsp3) is 0.200. The third-order valence-corrected chi connectivity index (χ3v) is 5.27. The highest BCUT2D eigenvalue weighted by molar-refractivity contribution is 7.15. The second-order valence-corrected chi connectivity index (χ2v) is 7.67. The molecule has 0 radical (unpaired) electrons. The fourth-order valence-corrected chi connectivity index (χ4v) is 3.66. The topological polar surface area (TPSA) is 92.3 Å². The molecule has 0 spiro atoms. The maximum atomic E-state index is 12.5. The molecule has 3 aromatic heterocycles. The van der Waals surface area contributed by atoms with E-state index in [9.17, 15) is 13.6 Å². The van der Waals surface area contributed by atoms with Gasteiger partial charge in [-0.25, -0.2) is 4.68 Å². The lowest BCUT2D eigenvalue weighted by Crippen LogP contribution is -2.22. The summed E-state index contributed by atoms with van der Waals surface area (Å²) in [6.45, 7) is -1.00. The molecule has 0 N–H and O–H groups in total. The summed E-state index contributed by atoms with van der Waals surface area (Å²) in [6.07, 6.45) is 0. The lowest BCUT2D eigenvalue weighted by molar-refractivity contribution is -0.0512. The van der Waals surface area contributed by atoms with Crippen molar-refractivity contribution < 1.29 is 22.8 Å². The molecule has 0 saturated heterocycles. The van der Waals surface area contributed by atoms with E-state index in [0.717, 1.165) is 9.75 Å². The number of ether oxygens (including phenoxy) is 2. The van der Waals surface area contributed by atoms with Gasteiger partial charge >= 0.3 is 6.61 Å². The number of benzene rings is 1. The first-order valence-electron chi connectivity index (χ1n) is 9.03. The number of thiophene rings is 1. The van der Waals surface area contributed by atoms with Crippen molar-refractivity contribution in [2.24, 2.45) is 0 Å². The fourth-order valence-electron chi connectivity index (χ4n) is 2.83. The second-order valence-electron chi connectivity index (χ2n) is 6.38. The number of aryl methyl sites for hydroxylation is 1. The summed E-state index contributed by atoms with van der Waals surface area (Å²) in [4.78, 5) is 18.6. The zero-order valence-electron chi connectivity index (χ0n) is 16.4. The van der Waals surface area contributed by atoms with Crippen LogP contribution in [0.5, 0.6) is 11.5 Å². The number of hydrogen-bond donors (Lipinski definition) is 0. The molecule has 160 valence electrons. The number of aromatic nitrogens is 4. The van der Waals surface area contributed by atoms with Crippen molar-refractivity contribution in [3.8, 4) is 33.5 Å². The van der Waals surface area contributed by atoms with E-state index in [1.807, 2.05) is 19.1 Å². The third kappa shape index (κ3) is 4.61. The summed E-state index contributed by atoms with van der Waals surface area (Å²) < 4.78 is 41.0. The minimum absolute atomic E-state index is 0.0201. The first-order chi connectivity index (χ1) is 14.9. The zero-order chi connectivity index (χ0) is 22.0. The average molecular weight is 446 g/mol. The first-order valence-corrected chi connectivity index (χ1v) is 9.85. The minimum atomic E-state index is -2.98. The van der Waals surface area contributed by atoms with Gasteiger partial charge in [0.05, 0.1) is 12.0 Å². The van der Waals surface area contributed by atoms with Crippen LogP contribution in [-0.4, -0.2) is 33.6 Å². The number of halogens is 2.